The number of hydrogen-bond acceptors (Lipinski definition) is 4. The minimum absolute atomic E-state index is 0.162. The number of phenolic OH excluding ortho intramolecular Hbond substituents is 1. The van der Waals surface area contributed by atoms with E-state index in [2.05, 4.69) is 15.1 Å². The summed E-state index contributed by atoms with van der Waals surface area (Å²) in [6.07, 6.45) is 5.17. The molecule has 1 aromatic carbocycles. The summed E-state index contributed by atoms with van der Waals surface area (Å²) in [7, 11) is 0. The largest absolute Gasteiger partial charge is 0.507 e. The molecule has 3 heterocycles. The van der Waals surface area contributed by atoms with Crippen LogP contribution in [0.3, 0.4) is 0 Å². The summed E-state index contributed by atoms with van der Waals surface area (Å²) in [5, 5.41) is 14.7. The second kappa shape index (κ2) is 4.49. The zero-order valence-electron chi connectivity index (χ0n) is 10.9. The number of nitrogens with one attached hydrogen (secondary N) is 1. The molecular weight excluding hydrogens is 266 g/mol. The Morgan fingerprint density at radius 2 is 1.95 bits per heavy atom. The highest BCUT2D eigenvalue weighted by molar-refractivity contribution is 5.93. The standard InChI is InChI=1S/C16H11N3O2/c20-14-2-1-10(9-13(14)15-5-8-19-21-15)11-3-6-17-16-12(11)4-7-18-16/h1-9,20H,(H,17,18). The lowest BCUT2D eigenvalue weighted by molar-refractivity contribution is 0.426. The van der Waals surface area contributed by atoms with Crippen LogP contribution in [0.15, 0.2) is 59.5 Å². The molecule has 0 aliphatic rings. The number of aromatic nitrogens is 3. The van der Waals surface area contributed by atoms with Crippen LogP contribution >= 0.6 is 0 Å². The fourth-order valence-corrected chi connectivity index (χ4v) is 2.47. The molecule has 0 saturated heterocycles. The van der Waals surface area contributed by atoms with Gasteiger partial charge in [0, 0.05) is 23.8 Å². The third-order valence-corrected chi connectivity index (χ3v) is 3.47. The molecule has 0 atom stereocenters. The van der Waals surface area contributed by atoms with Gasteiger partial charge in [0.25, 0.3) is 0 Å². The fourth-order valence-electron chi connectivity index (χ4n) is 2.47. The number of H-pyrrole nitrogens is 1. The van der Waals surface area contributed by atoms with Crippen LogP contribution in [0.1, 0.15) is 0 Å². The zero-order valence-corrected chi connectivity index (χ0v) is 10.9. The number of phenols is 1. The van der Waals surface area contributed by atoms with Gasteiger partial charge in [-0.3, -0.25) is 0 Å². The molecule has 0 unspecified atom stereocenters. The van der Waals surface area contributed by atoms with Crippen LogP contribution in [-0.4, -0.2) is 20.2 Å². The van der Waals surface area contributed by atoms with Crippen molar-refractivity contribution in [3.63, 3.8) is 0 Å². The number of fused-ring (bicyclic) bond motifs is 1. The van der Waals surface area contributed by atoms with E-state index in [9.17, 15) is 5.11 Å². The molecule has 5 heteroatoms. The number of aromatic amines is 1. The molecule has 0 fully saturated rings. The van der Waals surface area contributed by atoms with Crippen LogP contribution in [0.5, 0.6) is 5.75 Å². The lowest BCUT2D eigenvalue weighted by atomic mass is 10.00. The van der Waals surface area contributed by atoms with Crippen molar-refractivity contribution >= 4 is 11.0 Å². The third kappa shape index (κ3) is 1.87. The number of nitrogens with zero attached hydrogens (tertiary/aromatic N) is 2. The van der Waals surface area contributed by atoms with Gasteiger partial charge in [-0.15, -0.1) is 0 Å². The summed E-state index contributed by atoms with van der Waals surface area (Å²) in [5.41, 5.74) is 3.47. The first-order valence-corrected chi connectivity index (χ1v) is 6.49. The Hall–Kier alpha value is -3.08. The molecule has 102 valence electrons. The van der Waals surface area contributed by atoms with E-state index < -0.39 is 0 Å². The highest BCUT2D eigenvalue weighted by atomic mass is 16.5. The maximum atomic E-state index is 10.0. The van der Waals surface area contributed by atoms with Crippen LogP contribution in [-0.2, 0) is 0 Å². The minimum Gasteiger partial charge on any atom is -0.507 e. The van der Waals surface area contributed by atoms with E-state index >= 15 is 0 Å². The van der Waals surface area contributed by atoms with Crippen LogP contribution < -0.4 is 0 Å². The Morgan fingerprint density at radius 1 is 1.00 bits per heavy atom. The molecule has 21 heavy (non-hydrogen) atoms. The molecule has 5 nitrogen and oxygen atoms in total. The van der Waals surface area contributed by atoms with Gasteiger partial charge in [-0.05, 0) is 35.4 Å². The van der Waals surface area contributed by atoms with E-state index in [0.29, 0.717) is 11.3 Å². The van der Waals surface area contributed by atoms with Crippen molar-refractivity contribution in [1.29, 1.82) is 0 Å². The summed E-state index contributed by atoms with van der Waals surface area (Å²) in [6.45, 7) is 0. The minimum atomic E-state index is 0.162. The Kier molecular flexibility index (Phi) is 2.50. The van der Waals surface area contributed by atoms with Gasteiger partial charge >= 0.3 is 0 Å². The van der Waals surface area contributed by atoms with Gasteiger partial charge < -0.3 is 14.6 Å². The fraction of sp³-hybridized carbons (Fsp3) is 0. The molecule has 0 spiro atoms. The van der Waals surface area contributed by atoms with E-state index in [4.69, 9.17) is 4.52 Å². The third-order valence-electron chi connectivity index (χ3n) is 3.47. The van der Waals surface area contributed by atoms with Gasteiger partial charge in [-0.1, -0.05) is 11.2 Å². The number of benzene rings is 1. The van der Waals surface area contributed by atoms with Gasteiger partial charge in [0.15, 0.2) is 5.76 Å². The first-order chi connectivity index (χ1) is 10.3. The first kappa shape index (κ1) is 11.7. The number of pyridine rings is 1. The Labute approximate surface area is 119 Å². The lowest BCUT2D eigenvalue weighted by Gasteiger charge is -2.07. The van der Waals surface area contributed by atoms with Crippen molar-refractivity contribution in [3.05, 3.63) is 55.0 Å². The second-order valence-electron chi connectivity index (χ2n) is 4.71. The first-order valence-electron chi connectivity index (χ1n) is 6.49. The van der Waals surface area contributed by atoms with Crippen LogP contribution in [0, 0.1) is 0 Å². The average Bonchev–Trinajstić information content (AvgIpc) is 3.18. The van der Waals surface area contributed by atoms with E-state index in [1.807, 2.05) is 30.5 Å². The van der Waals surface area contributed by atoms with Crippen molar-refractivity contribution in [2.45, 2.75) is 0 Å². The molecule has 4 rings (SSSR count). The van der Waals surface area contributed by atoms with Crippen LogP contribution in [0.25, 0.3) is 33.5 Å². The summed E-state index contributed by atoms with van der Waals surface area (Å²) >= 11 is 0. The van der Waals surface area contributed by atoms with E-state index in [1.54, 1.807) is 24.5 Å². The normalized spacial score (nSPS) is 11.0. The average molecular weight is 277 g/mol. The van der Waals surface area contributed by atoms with Crippen LogP contribution in [0.2, 0.25) is 0 Å². The number of aromatic hydroxyl groups is 1. The van der Waals surface area contributed by atoms with Gasteiger partial charge in [0.05, 0.1) is 11.8 Å². The van der Waals surface area contributed by atoms with Gasteiger partial charge in [0.2, 0.25) is 0 Å². The predicted molar refractivity (Wildman–Crippen MR) is 78.7 cm³/mol. The molecule has 0 amide bonds. The summed E-state index contributed by atoms with van der Waals surface area (Å²) in [6, 6.07) is 11.1. The number of hydrogen-bond donors (Lipinski definition) is 2. The summed E-state index contributed by atoms with van der Waals surface area (Å²) in [4.78, 5) is 7.38. The van der Waals surface area contributed by atoms with Crippen molar-refractivity contribution in [2.75, 3.05) is 0 Å². The van der Waals surface area contributed by atoms with Crippen molar-refractivity contribution < 1.29 is 9.63 Å². The molecule has 0 bridgehead atoms. The molecule has 0 aliphatic heterocycles. The Bertz CT molecular complexity index is 910. The topological polar surface area (TPSA) is 74.9 Å². The zero-order chi connectivity index (χ0) is 14.2. The highest BCUT2D eigenvalue weighted by Crippen LogP contribution is 2.35. The molecule has 0 radical (unpaired) electrons. The molecule has 2 N–H and O–H groups in total. The van der Waals surface area contributed by atoms with Crippen molar-refractivity contribution in [3.8, 4) is 28.2 Å². The predicted octanol–water partition coefficient (Wildman–Crippen LogP) is 3.59. The molecule has 0 aliphatic carbocycles. The molecule has 0 saturated carbocycles. The molecule has 4 aromatic rings. The summed E-state index contributed by atoms with van der Waals surface area (Å²) < 4.78 is 5.14. The SMILES string of the molecule is Oc1ccc(-c2ccnc3[nH]ccc23)cc1-c1ccno1. The highest BCUT2D eigenvalue weighted by Gasteiger charge is 2.12. The Morgan fingerprint density at radius 3 is 2.81 bits per heavy atom. The van der Waals surface area contributed by atoms with E-state index in [1.165, 1.54) is 0 Å². The smallest absolute Gasteiger partial charge is 0.170 e. The molecule has 3 aromatic heterocycles. The molecular formula is C16H11N3O2. The van der Waals surface area contributed by atoms with Gasteiger partial charge in [-0.2, -0.15) is 0 Å². The quantitative estimate of drug-likeness (QED) is 0.587. The van der Waals surface area contributed by atoms with E-state index in [-0.39, 0.29) is 5.75 Å². The Balaban J connectivity index is 1.94. The van der Waals surface area contributed by atoms with Gasteiger partial charge in [-0.25, -0.2) is 4.98 Å². The lowest BCUT2D eigenvalue weighted by Crippen LogP contribution is -1.84. The maximum Gasteiger partial charge on any atom is 0.170 e. The van der Waals surface area contributed by atoms with Crippen LogP contribution in [0.4, 0.5) is 0 Å². The second-order valence-corrected chi connectivity index (χ2v) is 4.71. The van der Waals surface area contributed by atoms with Crippen molar-refractivity contribution in [1.82, 2.24) is 15.1 Å². The number of rotatable bonds is 2. The monoisotopic (exact) mass is 277 g/mol. The van der Waals surface area contributed by atoms with Gasteiger partial charge in [0.1, 0.15) is 11.4 Å². The maximum absolute atomic E-state index is 10.0. The summed E-state index contributed by atoms with van der Waals surface area (Å²) in [5.74, 6) is 0.698. The van der Waals surface area contributed by atoms with Crippen molar-refractivity contribution in [2.24, 2.45) is 0 Å². The van der Waals surface area contributed by atoms with E-state index in [0.717, 1.165) is 22.2 Å².